The molecule has 0 aromatic carbocycles. The van der Waals surface area contributed by atoms with E-state index in [1.165, 1.54) is 0 Å². The zero-order valence-electron chi connectivity index (χ0n) is 38.6. The first kappa shape index (κ1) is 48.4. The summed E-state index contributed by atoms with van der Waals surface area (Å²) in [7, 11) is 0. The van der Waals surface area contributed by atoms with Crippen LogP contribution in [0.15, 0.2) is 0 Å². The minimum Gasteiger partial charge on any atom is -0.462 e. The van der Waals surface area contributed by atoms with Crippen LogP contribution in [0.25, 0.3) is 0 Å². The quantitative estimate of drug-likeness (QED) is 0.132. The number of alkyl halides is 10. The Labute approximate surface area is 396 Å². The van der Waals surface area contributed by atoms with Gasteiger partial charge in [-0.2, -0.15) is 43.9 Å². The Hall–Kier alpha value is -2.53. The van der Waals surface area contributed by atoms with Crippen LogP contribution in [-0.4, -0.2) is 129 Å². The fourth-order valence-corrected chi connectivity index (χ4v) is 17.0. The summed E-state index contributed by atoms with van der Waals surface area (Å²) in [6.07, 6.45) is 4.96. The molecule has 70 heavy (non-hydrogen) atoms. The molecule has 12 bridgehead atoms. The minimum absolute atomic E-state index is 0.0649. The van der Waals surface area contributed by atoms with Crippen LogP contribution in [0.4, 0.5) is 43.9 Å². The van der Waals surface area contributed by atoms with Crippen LogP contribution in [0, 0.1) is 64.1 Å². The maximum atomic E-state index is 14.6. The number of hydrogen-bond acceptors (Lipinski definition) is 12. The lowest BCUT2D eigenvalue weighted by Crippen LogP contribution is -2.71. The second-order valence-corrected chi connectivity index (χ2v) is 24.3. The van der Waals surface area contributed by atoms with Crippen LogP contribution in [0.2, 0.25) is 0 Å². The molecule has 392 valence electrons. The van der Waals surface area contributed by atoms with Gasteiger partial charge in [0.15, 0.2) is 17.2 Å². The lowest BCUT2D eigenvalue weighted by molar-refractivity contribution is -0.348. The van der Waals surface area contributed by atoms with Gasteiger partial charge in [0.1, 0.15) is 45.2 Å². The normalized spacial score (nSPS) is 47.8. The maximum Gasteiger partial charge on any atom is 0.377 e. The molecule has 12 nitrogen and oxygen atoms in total. The lowest BCUT2D eigenvalue weighted by Gasteiger charge is -2.65. The van der Waals surface area contributed by atoms with Gasteiger partial charge in [0.2, 0.25) is 0 Å². The standard InChI is InChI=1S/C48H58F10O12/c1-37(49,50)34(59)70-40-10-27-2-28(15-40)42(29(3-27)16-40)20-64-41(19-65-42,17-62-35(60)38-8-25-4-30(11-38)47(31(5-25)12-38)66-21-43(51,52)44(53,54)22-67-47)18-63-36(61)39-9-26-6-32(13-39)48(33(7-26)14-39)68-23-45(55,56)46(57,58)24-69-48/h25-33H,2-24H2,1H3. The van der Waals surface area contributed by atoms with E-state index in [9.17, 15) is 58.3 Å². The third kappa shape index (κ3) is 6.98. The van der Waals surface area contributed by atoms with Crippen LogP contribution in [-0.2, 0) is 57.0 Å². The van der Waals surface area contributed by atoms with Gasteiger partial charge >= 0.3 is 47.5 Å². The molecular formula is C48H58F10O12. The number of halogens is 10. The highest BCUT2D eigenvalue weighted by atomic mass is 19.3. The van der Waals surface area contributed by atoms with Gasteiger partial charge in [0.05, 0.1) is 29.6 Å². The Bertz CT molecular complexity index is 1980. The van der Waals surface area contributed by atoms with E-state index in [4.69, 9.17) is 42.6 Å². The van der Waals surface area contributed by atoms with Crippen LogP contribution in [0.3, 0.4) is 0 Å². The fourth-order valence-electron chi connectivity index (χ4n) is 17.0. The van der Waals surface area contributed by atoms with Crippen LogP contribution in [0.1, 0.15) is 103 Å². The molecule has 0 amide bonds. The van der Waals surface area contributed by atoms with Gasteiger partial charge in [-0.05, 0) is 126 Å². The number of ether oxygens (including phenoxy) is 9. The van der Waals surface area contributed by atoms with Gasteiger partial charge in [0.25, 0.3) is 0 Å². The zero-order valence-corrected chi connectivity index (χ0v) is 38.6. The predicted molar refractivity (Wildman–Crippen MR) is 213 cm³/mol. The fraction of sp³-hybridized carbons (Fsp3) is 0.938. The van der Waals surface area contributed by atoms with E-state index < -0.39 is 150 Å². The molecule has 3 saturated heterocycles. The predicted octanol–water partition coefficient (Wildman–Crippen LogP) is 8.05. The van der Waals surface area contributed by atoms with E-state index in [-0.39, 0.29) is 81.3 Å². The highest BCUT2D eigenvalue weighted by Crippen LogP contribution is 2.69. The summed E-state index contributed by atoms with van der Waals surface area (Å²) >= 11 is 0. The van der Waals surface area contributed by atoms with Crippen molar-refractivity contribution in [2.24, 2.45) is 64.1 Å². The van der Waals surface area contributed by atoms with Crippen LogP contribution in [0.5, 0.6) is 0 Å². The molecule has 0 radical (unpaired) electrons. The van der Waals surface area contributed by atoms with Crippen molar-refractivity contribution < 1.29 is 101 Å². The van der Waals surface area contributed by atoms with E-state index in [2.05, 4.69) is 0 Å². The van der Waals surface area contributed by atoms with Crippen LogP contribution < -0.4 is 0 Å². The maximum absolute atomic E-state index is 14.6. The van der Waals surface area contributed by atoms with E-state index in [0.717, 1.165) is 0 Å². The first-order valence-electron chi connectivity index (χ1n) is 24.9. The summed E-state index contributed by atoms with van der Waals surface area (Å²) in [6.45, 7) is -6.96. The third-order valence-electron chi connectivity index (χ3n) is 19.8. The first-order chi connectivity index (χ1) is 32.6. The summed E-state index contributed by atoms with van der Waals surface area (Å²) in [5.41, 5.74) is -5.94. The number of hydrogen-bond donors (Lipinski definition) is 0. The largest absolute Gasteiger partial charge is 0.462 e. The van der Waals surface area contributed by atoms with E-state index >= 15 is 0 Å². The molecule has 0 aromatic rings. The minimum atomic E-state index is -4.46. The molecule has 12 aliphatic carbocycles. The molecule has 15 rings (SSSR count). The van der Waals surface area contributed by atoms with E-state index in [1.807, 2.05) is 0 Å². The molecule has 12 saturated carbocycles. The molecule has 15 aliphatic rings. The second kappa shape index (κ2) is 15.1. The summed E-state index contributed by atoms with van der Waals surface area (Å²) in [4.78, 5) is 41.6. The first-order valence-corrected chi connectivity index (χ1v) is 24.9. The zero-order chi connectivity index (χ0) is 49.6. The molecule has 0 aromatic heterocycles. The number of carbonyl (C=O) groups is 3. The summed E-state index contributed by atoms with van der Waals surface area (Å²) in [5.74, 6) is -31.1. The molecule has 22 heteroatoms. The van der Waals surface area contributed by atoms with Gasteiger partial charge in [-0.25, -0.2) is 4.79 Å². The number of rotatable bonds is 8. The average Bonchev–Trinajstić information content (AvgIpc) is 3.43. The van der Waals surface area contributed by atoms with E-state index in [1.54, 1.807) is 0 Å². The molecule has 0 N–H and O–H groups in total. The van der Waals surface area contributed by atoms with Gasteiger partial charge < -0.3 is 42.6 Å². The van der Waals surface area contributed by atoms with Crippen molar-refractivity contribution in [3.05, 3.63) is 0 Å². The summed E-state index contributed by atoms with van der Waals surface area (Å²) < 4.78 is 198. The molecular weight excluding hydrogens is 958 g/mol. The molecule has 6 unspecified atom stereocenters. The van der Waals surface area contributed by atoms with Crippen molar-refractivity contribution in [2.75, 3.05) is 52.9 Å². The summed E-state index contributed by atoms with van der Waals surface area (Å²) in [5, 5.41) is 0. The number of carbonyl (C=O) groups excluding carboxylic acids is 3. The second-order valence-electron chi connectivity index (χ2n) is 24.3. The third-order valence-corrected chi connectivity index (χ3v) is 19.8. The molecule has 15 fully saturated rings. The topological polar surface area (TPSA) is 134 Å². The Morgan fingerprint density at radius 3 is 1.20 bits per heavy atom. The van der Waals surface area contributed by atoms with Gasteiger partial charge in [-0.15, -0.1) is 0 Å². The Kier molecular flexibility index (Phi) is 10.4. The highest BCUT2D eigenvalue weighted by molar-refractivity contribution is 5.79. The van der Waals surface area contributed by atoms with Gasteiger partial charge in [-0.3, -0.25) is 9.59 Å². The van der Waals surface area contributed by atoms with Crippen molar-refractivity contribution in [2.45, 2.75) is 161 Å². The van der Waals surface area contributed by atoms with Crippen molar-refractivity contribution >= 4 is 17.9 Å². The van der Waals surface area contributed by atoms with Crippen LogP contribution >= 0.6 is 0 Å². The average molecular weight is 1020 g/mol. The number of esters is 3. The smallest absolute Gasteiger partial charge is 0.377 e. The Morgan fingerprint density at radius 1 is 0.471 bits per heavy atom. The lowest BCUT2D eigenvalue weighted by atomic mass is 9.47. The van der Waals surface area contributed by atoms with Crippen molar-refractivity contribution in [3.63, 3.8) is 0 Å². The molecule has 3 spiro atoms. The van der Waals surface area contributed by atoms with Crippen molar-refractivity contribution in [3.8, 4) is 0 Å². The van der Waals surface area contributed by atoms with E-state index in [0.29, 0.717) is 64.7 Å². The SMILES string of the molecule is CC(F)(F)C(=O)OC12CC3CC(C1)C1(COC(COC(=O)C45CC6CC(C4)C4(OCC(F)(F)C(F)(F)CO4)C(C6)C5)(COC(=O)C45CC6CC(C4)C4(OCC(F)(F)C(F)(F)CO4)C(C6)C5)CO1)C(C3)C2. The van der Waals surface area contributed by atoms with Gasteiger partial charge in [0, 0.05) is 30.6 Å². The summed E-state index contributed by atoms with van der Waals surface area (Å²) in [6, 6.07) is 0. The van der Waals surface area contributed by atoms with Gasteiger partial charge in [-0.1, -0.05) is 0 Å². The molecule has 3 aliphatic heterocycles. The molecule has 6 atom stereocenters. The molecule has 3 heterocycles. The Morgan fingerprint density at radius 2 is 0.843 bits per heavy atom. The highest BCUT2D eigenvalue weighted by Gasteiger charge is 2.74. The van der Waals surface area contributed by atoms with Crippen molar-refractivity contribution in [1.29, 1.82) is 0 Å². The Balaban J connectivity index is 0.779. The van der Waals surface area contributed by atoms with Crippen molar-refractivity contribution in [1.82, 2.24) is 0 Å². The monoisotopic (exact) mass is 1020 g/mol.